The smallest absolute Gasteiger partial charge is 0.311 e. The van der Waals surface area contributed by atoms with Crippen molar-refractivity contribution in [2.45, 2.75) is 56.6 Å². The second kappa shape index (κ2) is 4.15. The molecule has 3 aliphatic rings. The van der Waals surface area contributed by atoms with Crippen LogP contribution in [-0.4, -0.2) is 50.1 Å². The van der Waals surface area contributed by atoms with E-state index in [0.717, 1.165) is 12.8 Å². The van der Waals surface area contributed by atoms with Crippen LogP contribution in [0, 0.1) is 5.92 Å². The van der Waals surface area contributed by atoms with Crippen LogP contribution in [0.25, 0.3) is 0 Å². The van der Waals surface area contributed by atoms with Gasteiger partial charge in [0.1, 0.15) is 17.8 Å². The van der Waals surface area contributed by atoms with Crippen molar-refractivity contribution in [3.8, 4) is 0 Å². The first-order valence-electron chi connectivity index (χ1n) is 6.57. The van der Waals surface area contributed by atoms with Crippen LogP contribution in [0.2, 0.25) is 0 Å². The first-order chi connectivity index (χ1) is 8.93. The maximum Gasteiger partial charge on any atom is 0.311 e. The Morgan fingerprint density at radius 1 is 1.21 bits per heavy atom. The van der Waals surface area contributed by atoms with E-state index in [1.807, 2.05) is 13.8 Å². The summed E-state index contributed by atoms with van der Waals surface area (Å²) in [6.45, 7) is 3.72. The maximum absolute atomic E-state index is 11.9. The summed E-state index contributed by atoms with van der Waals surface area (Å²) < 4.78 is 27.9. The molecule has 0 N–H and O–H groups in total. The molecule has 0 aromatic carbocycles. The second-order valence-corrected chi connectivity index (χ2v) is 5.81. The summed E-state index contributed by atoms with van der Waals surface area (Å²) in [5, 5.41) is 0. The van der Waals surface area contributed by atoms with Crippen LogP contribution in [0.4, 0.5) is 0 Å². The van der Waals surface area contributed by atoms with E-state index < -0.39 is 17.7 Å². The summed E-state index contributed by atoms with van der Waals surface area (Å²) in [5.74, 6) is -1.24. The average molecular weight is 272 g/mol. The lowest BCUT2D eigenvalue weighted by molar-refractivity contribution is -0.279. The number of hydrogen-bond acceptors (Lipinski definition) is 6. The molecule has 3 unspecified atom stereocenters. The highest BCUT2D eigenvalue weighted by molar-refractivity contribution is 5.75. The first-order valence-corrected chi connectivity index (χ1v) is 6.57. The van der Waals surface area contributed by atoms with E-state index in [4.69, 9.17) is 23.7 Å². The van der Waals surface area contributed by atoms with Gasteiger partial charge in [-0.15, -0.1) is 0 Å². The number of carbonyl (C=O) groups excluding carboxylic acids is 1. The number of fused-ring (bicyclic) bond motifs is 2. The van der Waals surface area contributed by atoms with E-state index in [1.54, 1.807) is 7.11 Å². The number of methoxy groups -OCH3 is 2. The normalized spacial score (nSPS) is 46.9. The zero-order chi connectivity index (χ0) is 13.8. The van der Waals surface area contributed by atoms with Crippen molar-refractivity contribution in [3.63, 3.8) is 0 Å². The topological polar surface area (TPSA) is 63.2 Å². The molecule has 0 radical (unpaired) electrons. The van der Waals surface area contributed by atoms with Crippen LogP contribution >= 0.6 is 0 Å². The van der Waals surface area contributed by atoms with Crippen LogP contribution in [-0.2, 0) is 28.5 Å². The van der Waals surface area contributed by atoms with Crippen LogP contribution in [0.3, 0.4) is 0 Å². The van der Waals surface area contributed by atoms with Crippen molar-refractivity contribution in [3.05, 3.63) is 0 Å². The Labute approximate surface area is 112 Å². The summed E-state index contributed by atoms with van der Waals surface area (Å²) in [7, 11) is 2.96. The van der Waals surface area contributed by atoms with Crippen LogP contribution in [0.5, 0.6) is 0 Å². The summed E-state index contributed by atoms with van der Waals surface area (Å²) in [4.78, 5) is 11.9. The van der Waals surface area contributed by atoms with Gasteiger partial charge in [-0.1, -0.05) is 0 Å². The molecule has 0 bridgehead atoms. The van der Waals surface area contributed by atoms with Gasteiger partial charge in [0.05, 0.1) is 13.0 Å². The fraction of sp³-hybridized carbons (Fsp3) is 0.923. The van der Waals surface area contributed by atoms with Gasteiger partial charge in [0.25, 0.3) is 0 Å². The van der Waals surface area contributed by atoms with E-state index in [2.05, 4.69) is 0 Å². The number of rotatable bonds is 2. The Kier molecular flexibility index (Phi) is 2.91. The highest BCUT2D eigenvalue weighted by atomic mass is 16.8. The lowest BCUT2D eigenvalue weighted by atomic mass is 9.66. The lowest BCUT2D eigenvalue weighted by Gasteiger charge is -2.47. The molecule has 3 fully saturated rings. The van der Waals surface area contributed by atoms with Gasteiger partial charge in [-0.05, 0) is 26.7 Å². The Balaban J connectivity index is 1.89. The Bertz CT molecular complexity index is 395. The van der Waals surface area contributed by atoms with Crippen molar-refractivity contribution < 1.29 is 28.5 Å². The van der Waals surface area contributed by atoms with Crippen molar-refractivity contribution in [2.75, 3.05) is 14.2 Å². The van der Waals surface area contributed by atoms with Gasteiger partial charge in [0.15, 0.2) is 12.1 Å². The third kappa shape index (κ3) is 1.74. The first kappa shape index (κ1) is 13.3. The highest BCUT2D eigenvalue weighted by Crippen LogP contribution is 2.56. The predicted octanol–water partition coefficient (Wildman–Crippen LogP) is 0.831. The molecule has 0 amide bonds. The van der Waals surface area contributed by atoms with Crippen LogP contribution in [0.1, 0.15) is 26.7 Å². The van der Waals surface area contributed by atoms with Gasteiger partial charge in [-0.25, -0.2) is 0 Å². The molecule has 5 atom stereocenters. The molecule has 108 valence electrons. The molecular weight excluding hydrogens is 252 g/mol. The van der Waals surface area contributed by atoms with E-state index in [0.29, 0.717) is 0 Å². The third-order valence-corrected chi connectivity index (χ3v) is 4.35. The summed E-state index contributed by atoms with van der Waals surface area (Å²) >= 11 is 0. The SMILES string of the molecule is COC(=O)[C@H]1CC[C@@]12OC(OC)C1OC(C)(C)OC12. The largest absolute Gasteiger partial charge is 0.469 e. The number of ether oxygens (including phenoxy) is 5. The summed E-state index contributed by atoms with van der Waals surface area (Å²) in [6, 6.07) is 0. The quantitative estimate of drug-likeness (QED) is 0.694. The number of carbonyl (C=O) groups is 1. The molecule has 0 aromatic rings. The van der Waals surface area contributed by atoms with E-state index in [-0.39, 0.29) is 24.1 Å². The van der Waals surface area contributed by atoms with Gasteiger partial charge in [0.2, 0.25) is 0 Å². The fourth-order valence-electron chi connectivity index (χ4n) is 3.41. The fourth-order valence-corrected chi connectivity index (χ4v) is 3.41. The van der Waals surface area contributed by atoms with Gasteiger partial charge >= 0.3 is 5.97 Å². The predicted molar refractivity (Wildman–Crippen MR) is 63.2 cm³/mol. The molecule has 2 aliphatic heterocycles. The van der Waals surface area contributed by atoms with Crippen molar-refractivity contribution in [1.29, 1.82) is 0 Å². The number of hydrogen-bond donors (Lipinski definition) is 0. The van der Waals surface area contributed by atoms with Crippen molar-refractivity contribution in [2.24, 2.45) is 5.92 Å². The van der Waals surface area contributed by atoms with E-state index in [1.165, 1.54) is 7.11 Å². The molecule has 1 saturated carbocycles. The minimum atomic E-state index is -0.681. The second-order valence-electron chi connectivity index (χ2n) is 5.81. The zero-order valence-electron chi connectivity index (χ0n) is 11.7. The third-order valence-electron chi connectivity index (χ3n) is 4.35. The summed E-state index contributed by atoms with van der Waals surface area (Å²) in [6.07, 6.45) is 0.417. The van der Waals surface area contributed by atoms with Crippen molar-refractivity contribution >= 4 is 5.97 Å². The average Bonchev–Trinajstić information content (AvgIpc) is 2.79. The zero-order valence-corrected chi connectivity index (χ0v) is 11.7. The van der Waals surface area contributed by atoms with Crippen molar-refractivity contribution in [1.82, 2.24) is 0 Å². The molecular formula is C13H20O6. The molecule has 2 saturated heterocycles. The molecule has 0 aromatic heterocycles. The van der Waals surface area contributed by atoms with Gasteiger partial charge in [-0.2, -0.15) is 0 Å². The molecule has 3 rings (SSSR count). The Morgan fingerprint density at radius 3 is 2.47 bits per heavy atom. The summed E-state index contributed by atoms with van der Waals surface area (Å²) in [5.41, 5.74) is -0.661. The monoisotopic (exact) mass is 272 g/mol. The van der Waals surface area contributed by atoms with Crippen LogP contribution in [0.15, 0.2) is 0 Å². The van der Waals surface area contributed by atoms with E-state index in [9.17, 15) is 4.79 Å². The molecule has 6 nitrogen and oxygen atoms in total. The minimum Gasteiger partial charge on any atom is -0.469 e. The maximum atomic E-state index is 11.9. The molecule has 19 heavy (non-hydrogen) atoms. The minimum absolute atomic E-state index is 0.255. The van der Waals surface area contributed by atoms with Gasteiger partial charge < -0.3 is 23.7 Å². The highest BCUT2D eigenvalue weighted by Gasteiger charge is 2.70. The Morgan fingerprint density at radius 2 is 1.95 bits per heavy atom. The van der Waals surface area contributed by atoms with Gasteiger partial charge in [-0.3, -0.25) is 4.79 Å². The number of esters is 1. The molecule has 2 heterocycles. The standard InChI is InChI=1S/C13H20O6/c1-12(2)17-8-9(18-12)13(19-11(8)16-4)6-5-7(13)10(14)15-3/h7-9,11H,5-6H2,1-4H3/t7-,8?,9?,11?,13-/m1/s1. The lowest BCUT2D eigenvalue weighted by Crippen LogP contribution is -2.59. The molecule has 1 spiro atoms. The molecule has 6 heteroatoms. The Hall–Kier alpha value is -0.690. The molecule has 1 aliphatic carbocycles. The van der Waals surface area contributed by atoms with Crippen LogP contribution < -0.4 is 0 Å². The van der Waals surface area contributed by atoms with E-state index >= 15 is 0 Å². The van der Waals surface area contributed by atoms with Gasteiger partial charge in [0, 0.05) is 7.11 Å².